The predicted molar refractivity (Wildman–Crippen MR) is 114 cm³/mol. The molecule has 0 saturated carbocycles. The number of ketones is 1. The van der Waals surface area contributed by atoms with Gasteiger partial charge in [-0.05, 0) is 29.1 Å². The zero-order valence-electron chi connectivity index (χ0n) is 15.6. The van der Waals surface area contributed by atoms with Crippen LogP contribution in [0.4, 0.5) is 10.1 Å². The highest BCUT2D eigenvalue weighted by molar-refractivity contribution is 7.80. The van der Waals surface area contributed by atoms with Crippen LogP contribution in [-0.2, 0) is 6.54 Å². The Morgan fingerprint density at radius 2 is 1.86 bits per heavy atom. The maximum Gasteiger partial charge on any atom is 0.271 e. The Bertz CT molecular complexity index is 939. The summed E-state index contributed by atoms with van der Waals surface area (Å²) in [5.74, 6) is -0.345. The standard InChI is InChI=1S/C21H20FN3OS2/c1-24(2)17-9-11-25(12-10-17)19(20(26)18-4-3-13-28-18)21(27)23-14-15-5-7-16(22)8-6-15/h3-13,19H,14H2,1-2H3/p+1/t19-/m0/s1. The van der Waals surface area contributed by atoms with Crippen LogP contribution in [-0.4, -0.2) is 24.9 Å². The van der Waals surface area contributed by atoms with Gasteiger partial charge in [0, 0.05) is 38.5 Å². The molecule has 0 amide bonds. The number of Topliss-reactive ketones (excluding diaryl/α,β-unsaturated/α-hetero) is 1. The van der Waals surface area contributed by atoms with Gasteiger partial charge in [-0.15, -0.1) is 11.3 Å². The predicted octanol–water partition coefficient (Wildman–Crippen LogP) is 3.78. The van der Waals surface area contributed by atoms with Crippen molar-refractivity contribution in [3.8, 4) is 0 Å². The molecule has 0 radical (unpaired) electrons. The molecule has 4 nitrogen and oxygen atoms in total. The summed E-state index contributed by atoms with van der Waals surface area (Å²) >= 11 is 6.98. The van der Waals surface area contributed by atoms with Crippen molar-refractivity contribution in [1.82, 2.24) is 5.32 Å². The molecule has 1 aromatic carbocycles. The number of rotatable bonds is 7. The molecule has 1 atom stereocenters. The van der Waals surface area contributed by atoms with Crippen LogP contribution in [0, 0.1) is 5.82 Å². The van der Waals surface area contributed by atoms with Gasteiger partial charge >= 0.3 is 0 Å². The second-order valence-corrected chi connectivity index (χ2v) is 7.87. The smallest absolute Gasteiger partial charge is 0.271 e. The van der Waals surface area contributed by atoms with Gasteiger partial charge in [-0.3, -0.25) is 4.79 Å². The molecule has 0 aliphatic carbocycles. The topological polar surface area (TPSA) is 36.2 Å². The van der Waals surface area contributed by atoms with Crippen LogP contribution in [0.15, 0.2) is 66.3 Å². The molecule has 3 aromatic rings. The van der Waals surface area contributed by atoms with Crippen molar-refractivity contribution in [2.75, 3.05) is 19.0 Å². The van der Waals surface area contributed by atoms with E-state index in [-0.39, 0.29) is 11.6 Å². The summed E-state index contributed by atoms with van der Waals surface area (Å²) < 4.78 is 14.9. The molecular weight excluding hydrogens is 393 g/mol. The highest BCUT2D eigenvalue weighted by Crippen LogP contribution is 2.17. The highest BCUT2D eigenvalue weighted by atomic mass is 32.1. The van der Waals surface area contributed by atoms with Crippen molar-refractivity contribution in [3.05, 3.63) is 82.6 Å². The zero-order valence-corrected chi connectivity index (χ0v) is 17.3. The van der Waals surface area contributed by atoms with E-state index < -0.39 is 6.04 Å². The second-order valence-electron chi connectivity index (χ2n) is 6.49. The van der Waals surface area contributed by atoms with Crippen LogP contribution in [0.3, 0.4) is 0 Å². The first kappa shape index (κ1) is 20.1. The van der Waals surface area contributed by atoms with E-state index >= 15 is 0 Å². The Morgan fingerprint density at radius 1 is 1.18 bits per heavy atom. The van der Waals surface area contributed by atoms with Gasteiger partial charge in [0.25, 0.3) is 6.04 Å². The number of pyridine rings is 1. The Morgan fingerprint density at radius 3 is 2.43 bits per heavy atom. The fraction of sp³-hybridized carbons (Fsp3) is 0.190. The van der Waals surface area contributed by atoms with Crippen LogP contribution in [0.1, 0.15) is 21.3 Å². The molecule has 7 heteroatoms. The van der Waals surface area contributed by atoms with Gasteiger partial charge < -0.3 is 10.2 Å². The van der Waals surface area contributed by atoms with Crippen LogP contribution in [0.5, 0.6) is 0 Å². The molecule has 0 saturated heterocycles. The van der Waals surface area contributed by atoms with E-state index in [9.17, 15) is 9.18 Å². The molecule has 144 valence electrons. The minimum absolute atomic E-state index is 0.0609. The van der Waals surface area contributed by atoms with Crippen molar-refractivity contribution in [3.63, 3.8) is 0 Å². The molecule has 28 heavy (non-hydrogen) atoms. The number of nitrogens with zero attached hydrogens (tertiary/aromatic N) is 2. The molecule has 3 rings (SSSR count). The second kappa shape index (κ2) is 9.03. The molecular formula is C21H21FN3OS2+. The average molecular weight is 415 g/mol. The number of hydrogen-bond donors (Lipinski definition) is 1. The molecule has 0 aliphatic rings. The number of carbonyl (C=O) groups excluding carboxylic acids is 1. The third kappa shape index (κ3) is 4.79. The summed E-state index contributed by atoms with van der Waals surface area (Å²) in [6.45, 7) is 0.420. The lowest BCUT2D eigenvalue weighted by atomic mass is 10.1. The average Bonchev–Trinajstić information content (AvgIpc) is 3.23. The third-order valence-corrected chi connectivity index (χ3v) is 5.54. The monoisotopic (exact) mass is 414 g/mol. The molecule has 0 aliphatic heterocycles. The minimum atomic E-state index is -0.648. The molecule has 1 N–H and O–H groups in total. The van der Waals surface area contributed by atoms with E-state index in [1.807, 2.05) is 59.5 Å². The van der Waals surface area contributed by atoms with Gasteiger partial charge in [0.05, 0.1) is 4.88 Å². The van der Waals surface area contributed by atoms with Crippen LogP contribution in [0.2, 0.25) is 0 Å². The maximum absolute atomic E-state index is 13.1. The Hall–Kier alpha value is -2.64. The largest absolute Gasteiger partial charge is 0.377 e. The Labute approximate surface area is 173 Å². The number of thiocarbonyl (C=S) groups is 1. The number of aromatic nitrogens is 1. The number of benzene rings is 1. The van der Waals surface area contributed by atoms with E-state index in [1.165, 1.54) is 23.5 Å². The molecule has 0 spiro atoms. The van der Waals surface area contributed by atoms with Crippen LogP contribution in [0.25, 0.3) is 0 Å². The molecule has 0 unspecified atom stereocenters. The zero-order chi connectivity index (χ0) is 20.1. The summed E-state index contributed by atoms with van der Waals surface area (Å²) in [6.07, 6.45) is 3.72. The lowest BCUT2D eigenvalue weighted by Gasteiger charge is -2.16. The van der Waals surface area contributed by atoms with Gasteiger partial charge in [-0.1, -0.05) is 30.4 Å². The van der Waals surface area contributed by atoms with Gasteiger partial charge in [-0.2, -0.15) is 4.57 Å². The van der Waals surface area contributed by atoms with Gasteiger partial charge in [-0.25, -0.2) is 4.39 Å². The third-order valence-electron chi connectivity index (χ3n) is 4.29. The lowest BCUT2D eigenvalue weighted by molar-refractivity contribution is -0.692. The first-order valence-corrected chi connectivity index (χ1v) is 10.0. The molecule has 0 bridgehead atoms. The number of halogens is 1. The fourth-order valence-electron chi connectivity index (χ4n) is 2.73. The van der Waals surface area contributed by atoms with Crippen molar-refractivity contribution in [2.24, 2.45) is 0 Å². The first-order valence-electron chi connectivity index (χ1n) is 8.73. The maximum atomic E-state index is 13.1. The Balaban J connectivity index is 1.83. The summed E-state index contributed by atoms with van der Waals surface area (Å²) in [5, 5.41) is 5.03. The van der Waals surface area contributed by atoms with E-state index in [2.05, 4.69) is 5.32 Å². The van der Waals surface area contributed by atoms with E-state index in [1.54, 1.807) is 18.2 Å². The number of hydrogen-bond acceptors (Lipinski definition) is 4. The summed E-state index contributed by atoms with van der Waals surface area (Å²) in [4.78, 5) is 16.2. The van der Waals surface area contributed by atoms with Gasteiger partial charge in [0.1, 0.15) is 5.82 Å². The summed E-state index contributed by atoms with van der Waals surface area (Å²) in [6, 6.07) is 13.1. The van der Waals surface area contributed by atoms with E-state index in [0.29, 0.717) is 16.4 Å². The number of anilines is 1. The SMILES string of the molecule is CN(C)c1cc[n+]([C@@H](C(=O)c2cccs2)C(=S)NCc2ccc(F)cc2)cc1. The first-order chi connectivity index (χ1) is 13.5. The van der Waals surface area contributed by atoms with E-state index in [0.717, 1.165) is 11.3 Å². The number of nitrogens with one attached hydrogen (secondary N) is 1. The van der Waals surface area contributed by atoms with Crippen LogP contribution < -0.4 is 14.8 Å². The van der Waals surface area contributed by atoms with Crippen LogP contribution >= 0.6 is 23.6 Å². The molecule has 0 fully saturated rings. The number of thiophene rings is 1. The van der Waals surface area contributed by atoms with Gasteiger partial charge in [0.15, 0.2) is 17.4 Å². The van der Waals surface area contributed by atoms with Crippen molar-refractivity contribution >= 4 is 40.0 Å². The highest BCUT2D eigenvalue weighted by Gasteiger charge is 2.33. The van der Waals surface area contributed by atoms with Gasteiger partial charge in [0.2, 0.25) is 5.78 Å². The lowest BCUT2D eigenvalue weighted by Crippen LogP contribution is -2.51. The normalized spacial score (nSPS) is 11.7. The van der Waals surface area contributed by atoms with Crippen molar-refractivity contribution < 1.29 is 13.8 Å². The van der Waals surface area contributed by atoms with Crippen molar-refractivity contribution in [2.45, 2.75) is 12.6 Å². The molecule has 2 aromatic heterocycles. The fourth-order valence-corrected chi connectivity index (χ4v) is 3.72. The van der Waals surface area contributed by atoms with Crippen molar-refractivity contribution in [1.29, 1.82) is 0 Å². The molecule has 2 heterocycles. The quantitative estimate of drug-likeness (QED) is 0.363. The Kier molecular flexibility index (Phi) is 6.49. The summed E-state index contributed by atoms with van der Waals surface area (Å²) in [5.41, 5.74) is 1.92. The minimum Gasteiger partial charge on any atom is -0.377 e. The van der Waals surface area contributed by atoms with E-state index in [4.69, 9.17) is 12.2 Å². The number of carbonyl (C=O) groups is 1. The summed E-state index contributed by atoms with van der Waals surface area (Å²) in [7, 11) is 3.92.